The zero-order valence-electron chi connectivity index (χ0n) is 11.4. The standard InChI is InChI=1S/C11H19NO8/c1-12(2,3)4-5(13)19-11-8(16)6(14)7(15)9(20-11)10(17)18/h6-9,11,14-16H,4H2,1-3H3/t6-,7-,8+,9-,11+/m0/s1. The first-order valence-corrected chi connectivity index (χ1v) is 5.93. The van der Waals surface area contributed by atoms with Crippen LogP contribution in [0.25, 0.3) is 0 Å². The highest BCUT2D eigenvalue weighted by Gasteiger charge is 2.46. The molecule has 1 fully saturated rings. The number of aliphatic carboxylic acids is 1. The van der Waals surface area contributed by atoms with Gasteiger partial charge in [-0.15, -0.1) is 0 Å². The number of aliphatic hydroxyl groups excluding tert-OH is 3. The van der Waals surface area contributed by atoms with Crippen molar-refractivity contribution in [3.05, 3.63) is 0 Å². The molecule has 0 radical (unpaired) electrons. The maximum atomic E-state index is 11.6. The van der Waals surface area contributed by atoms with E-state index in [1.165, 1.54) is 0 Å². The minimum Gasteiger partial charge on any atom is -0.547 e. The van der Waals surface area contributed by atoms with Gasteiger partial charge in [-0.25, -0.2) is 4.79 Å². The maximum Gasteiger partial charge on any atom is 0.364 e. The van der Waals surface area contributed by atoms with Gasteiger partial charge in [0.2, 0.25) is 6.29 Å². The molecule has 0 aromatic rings. The molecule has 0 aromatic carbocycles. The van der Waals surface area contributed by atoms with Gasteiger partial charge in [-0.2, -0.15) is 0 Å². The summed E-state index contributed by atoms with van der Waals surface area (Å²) in [7, 11) is 5.17. The predicted octanol–water partition coefficient (Wildman–Crippen LogP) is -4.21. The van der Waals surface area contributed by atoms with Crippen LogP contribution in [0.4, 0.5) is 0 Å². The van der Waals surface area contributed by atoms with Gasteiger partial charge in [0.1, 0.15) is 24.4 Å². The van der Waals surface area contributed by atoms with Crippen LogP contribution in [-0.2, 0) is 19.1 Å². The second kappa shape index (κ2) is 6.02. The Balaban J connectivity index is 2.74. The lowest BCUT2D eigenvalue weighted by atomic mass is 9.99. The highest BCUT2D eigenvalue weighted by Crippen LogP contribution is 2.22. The number of carbonyl (C=O) groups is 2. The van der Waals surface area contributed by atoms with Gasteiger partial charge in [0.05, 0.1) is 27.1 Å². The van der Waals surface area contributed by atoms with Crippen LogP contribution in [0.2, 0.25) is 0 Å². The Bertz CT molecular complexity index is 379. The van der Waals surface area contributed by atoms with Gasteiger partial charge in [-0.1, -0.05) is 0 Å². The van der Waals surface area contributed by atoms with E-state index in [-0.39, 0.29) is 11.0 Å². The summed E-state index contributed by atoms with van der Waals surface area (Å²) in [6.45, 7) is -0.0543. The summed E-state index contributed by atoms with van der Waals surface area (Å²) in [5.74, 6) is -2.53. The van der Waals surface area contributed by atoms with E-state index in [4.69, 9.17) is 9.47 Å². The minimum absolute atomic E-state index is 0.0543. The number of aliphatic hydroxyl groups is 3. The molecule has 0 aliphatic carbocycles. The third-order valence-corrected chi connectivity index (χ3v) is 2.65. The van der Waals surface area contributed by atoms with E-state index in [0.717, 1.165) is 0 Å². The Kier molecular flexibility index (Phi) is 5.05. The first-order chi connectivity index (χ1) is 9.03. The molecule has 0 unspecified atom stereocenters. The third-order valence-electron chi connectivity index (χ3n) is 2.65. The van der Waals surface area contributed by atoms with Gasteiger partial charge < -0.3 is 39.2 Å². The van der Waals surface area contributed by atoms with E-state index >= 15 is 0 Å². The van der Waals surface area contributed by atoms with E-state index in [2.05, 4.69) is 0 Å². The molecule has 3 N–H and O–H groups in total. The summed E-state index contributed by atoms with van der Waals surface area (Å²) < 4.78 is 9.79. The molecule has 1 heterocycles. The number of likely N-dealkylation sites (N-methyl/N-ethyl adjacent to an activating group) is 1. The molecule has 20 heavy (non-hydrogen) atoms. The van der Waals surface area contributed by atoms with Crippen molar-refractivity contribution in [2.24, 2.45) is 0 Å². The Labute approximate surface area is 115 Å². The summed E-state index contributed by atoms with van der Waals surface area (Å²) in [6.07, 6.45) is -9.03. The summed E-state index contributed by atoms with van der Waals surface area (Å²) in [5, 5.41) is 39.3. The van der Waals surface area contributed by atoms with Crippen LogP contribution in [0.3, 0.4) is 0 Å². The quantitative estimate of drug-likeness (QED) is 0.350. The Morgan fingerprint density at radius 1 is 1.15 bits per heavy atom. The molecule has 9 heteroatoms. The highest BCUT2D eigenvalue weighted by atomic mass is 16.7. The number of hydrogen-bond acceptors (Lipinski definition) is 8. The number of carbonyl (C=O) groups excluding carboxylic acids is 2. The van der Waals surface area contributed by atoms with Crippen LogP contribution in [-0.4, -0.2) is 90.1 Å². The topological polar surface area (TPSA) is 136 Å². The van der Waals surface area contributed by atoms with E-state index in [1.807, 2.05) is 0 Å². The number of quaternary nitrogens is 1. The molecule has 1 aliphatic rings. The van der Waals surface area contributed by atoms with Crippen LogP contribution < -0.4 is 5.11 Å². The van der Waals surface area contributed by atoms with E-state index < -0.39 is 42.6 Å². The number of carboxylic acids is 1. The van der Waals surface area contributed by atoms with Crippen LogP contribution in [0.5, 0.6) is 0 Å². The second-order valence-electron chi connectivity index (χ2n) is 5.65. The average Bonchev–Trinajstić information content (AvgIpc) is 2.27. The largest absolute Gasteiger partial charge is 0.547 e. The SMILES string of the molecule is C[N+](C)(C)CC(=O)O[C@@H]1O[C@H](C(=O)[O-])[C@@H](O)[C@H](O)[C@H]1O. The highest BCUT2D eigenvalue weighted by molar-refractivity contribution is 5.72. The van der Waals surface area contributed by atoms with Gasteiger partial charge in [-0.3, -0.25) is 0 Å². The van der Waals surface area contributed by atoms with Gasteiger partial charge >= 0.3 is 5.97 Å². The van der Waals surface area contributed by atoms with Crippen molar-refractivity contribution >= 4 is 11.9 Å². The molecule has 116 valence electrons. The lowest BCUT2D eigenvalue weighted by Crippen LogP contribution is -2.63. The Morgan fingerprint density at radius 2 is 1.70 bits per heavy atom. The van der Waals surface area contributed by atoms with Gasteiger partial charge in [0.25, 0.3) is 0 Å². The van der Waals surface area contributed by atoms with Crippen molar-refractivity contribution in [3.63, 3.8) is 0 Å². The molecule has 0 bridgehead atoms. The van der Waals surface area contributed by atoms with Crippen molar-refractivity contribution in [1.29, 1.82) is 0 Å². The predicted molar refractivity (Wildman–Crippen MR) is 60.7 cm³/mol. The second-order valence-corrected chi connectivity index (χ2v) is 5.65. The van der Waals surface area contributed by atoms with Gasteiger partial charge in [0.15, 0.2) is 6.54 Å². The van der Waals surface area contributed by atoms with Crippen LogP contribution in [0.15, 0.2) is 0 Å². The maximum absolute atomic E-state index is 11.6. The van der Waals surface area contributed by atoms with E-state index in [9.17, 15) is 30.0 Å². The van der Waals surface area contributed by atoms with E-state index in [0.29, 0.717) is 0 Å². The smallest absolute Gasteiger partial charge is 0.364 e. The lowest BCUT2D eigenvalue weighted by molar-refractivity contribution is -0.862. The number of esters is 1. The first kappa shape index (κ1) is 16.8. The fourth-order valence-electron chi connectivity index (χ4n) is 1.69. The molecule has 0 saturated carbocycles. The molecular formula is C11H19NO8. The lowest BCUT2D eigenvalue weighted by Gasteiger charge is -2.40. The minimum atomic E-state index is -1.89. The van der Waals surface area contributed by atoms with E-state index in [1.54, 1.807) is 21.1 Å². The molecule has 1 aliphatic heterocycles. The molecule has 1 rings (SSSR count). The summed E-state index contributed by atoms with van der Waals surface area (Å²) in [6, 6.07) is 0. The van der Waals surface area contributed by atoms with Gasteiger partial charge in [-0.05, 0) is 0 Å². The van der Waals surface area contributed by atoms with Gasteiger partial charge in [0, 0.05) is 0 Å². The normalized spacial score (nSPS) is 34.6. The number of rotatable bonds is 4. The van der Waals surface area contributed by atoms with Crippen LogP contribution in [0, 0.1) is 0 Å². The summed E-state index contributed by atoms with van der Waals surface area (Å²) >= 11 is 0. The fraction of sp³-hybridized carbons (Fsp3) is 0.818. The van der Waals surface area contributed by atoms with Crippen molar-refractivity contribution in [2.75, 3.05) is 27.7 Å². The Hall–Kier alpha value is -1.26. The zero-order valence-corrected chi connectivity index (χ0v) is 11.4. The average molecular weight is 293 g/mol. The van der Waals surface area contributed by atoms with Crippen molar-refractivity contribution in [1.82, 2.24) is 0 Å². The number of nitrogens with zero attached hydrogens (tertiary/aromatic N) is 1. The monoisotopic (exact) mass is 293 g/mol. The van der Waals surface area contributed by atoms with Crippen molar-refractivity contribution in [2.45, 2.75) is 30.7 Å². The zero-order chi connectivity index (χ0) is 15.7. The molecule has 5 atom stereocenters. The summed E-state index contributed by atoms with van der Waals surface area (Å²) in [5.41, 5.74) is 0. The number of hydrogen-bond donors (Lipinski definition) is 3. The molecule has 1 saturated heterocycles. The van der Waals surface area contributed by atoms with Crippen LogP contribution in [0.1, 0.15) is 0 Å². The van der Waals surface area contributed by atoms with Crippen molar-refractivity contribution < 1.29 is 44.0 Å². The molecule has 0 aromatic heterocycles. The molecule has 0 amide bonds. The molecule has 0 spiro atoms. The first-order valence-electron chi connectivity index (χ1n) is 5.93. The van der Waals surface area contributed by atoms with Crippen LogP contribution >= 0.6 is 0 Å². The fourth-order valence-corrected chi connectivity index (χ4v) is 1.69. The molecular weight excluding hydrogens is 274 g/mol. The Morgan fingerprint density at radius 3 is 2.15 bits per heavy atom. The third kappa shape index (κ3) is 4.12. The summed E-state index contributed by atoms with van der Waals surface area (Å²) in [4.78, 5) is 22.3. The molecule has 9 nitrogen and oxygen atoms in total. The number of ether oxygens (including phenoxy) is 2. The number of carboxylic acid groups (broad SMARTS) is 1. The van der Waals surface area contributed by atoms with Crippen molar-refractivity contribution in [3.8, 4) is 0 Å².